The molecule has 2 rings (SSSR count). The largest absolute Gasteiger partial charge is 0.381 e. The lowest BCUT2D eigenvalue weighted by atomic mass is 9.90. The Morgan fingerprint density at radius 1 is 1.37 bits per heavy atom. The molecule has 0 aliphatic carbocycles. The molecule has 1 aromatic rings. The normalized spacial score (nSPS) is 18.7. The maximum absolute atomic E-state index is 6.01. The van der Waals surface area contributed by atoms with Crippen molar-refractivity contribution in [2.45, 2.75) is 32.4 Å². The molecule has 1 aliphatic heterocycles. The standard InChI is InChI=1S/C16H26N2O/c1-13-4-3-5-14(10-13)12-18(2)16(11-17)15-6-8-19-9-7-15/h3-5,10,15-16H,6-9,11-12,17H2,1-2H3. The van der Waals surface area contributed by atoms with Crippen LogP contribution in [0, 0.1) is 12.8 Å². The van der Waals surface area contributed by atoms with Crippen LogP contribution in [-0.2, 0) is 11.3 Å². The van der Waals surface area contributed by atoms with E-state index >= 15 is 0 Å². The Morgan fingerprint density at radius 2 is 2.11 bits per heavy atom. The molecular weight excluding hydrogens is 236 g/mol. The summed E-state index contributed by atoms with van der Waals surface area (Å²) in [6.07, 6.45) is 2.28. The van der Waals surface area contributed by atoms with Gasteiger partial charge in [-0.05, 0) is 38.3 Å². The molecule has 106 valence electrons. The highest BCUT2D eigenvalue weighted by Crippen LogP contribution is 2.22. The van der Waals surface area contributed by atoms with Crippen LogP contribution in [0.1, 0.15) is 24.0 Å². The van der Waals surface area contributed by atoms with E-state index < -0.39 is 0 Å². The molecule has 0 bridgehead atoms. The smallest absolute Gasteiger partial charge is 0.0469 e. The minimum Gasteiger partial charge on any atom is -0.381 e. The maximum atomic E-state index is 6.01. The van der Waals surface area contributed by atoms with Gasteiger partial charge in [-0.1, -0.05) is 29.8 Å². The molecule has 1 fully saturated rings. The third kappa shape index (κ3) is 4.03. The summed E-state index contributed by atoms with van der Waals surface area (Å²) in [5.74, 6) is 0.675. The zero-order chi connectivity index (χ0) is 13.7. The van der Waals surface area contributed by atoms with Gasteiger partial charge in [0.15, 0.2) is 0 Å². The van der Waals surface area contributed by atoms with Crippen LogP contribution in [-0.4, -0.2) is 37.7 Å². The lowest BCUT2D eigenvalue weighted by molar-refractivity contribution is 0.0321. The second-order valence-corrected chi connectivity index (χ2v) is 5.66. The van der Waals surface area contributed by atoms with Crippen LogP contribution in [0.25, 0.3) is 0 Å². The molecular formula is C16H26N2O. The van der Waals surface area contributed by atoms with Crippen molar-refractivity contribution in [1.29, 1.82) is 0 Å². The molecule has 1 aliphatic rings. The van der Waals surface area contributed by atoms with Crippen LogP contribution in [0.2, 0.25) is 0 Å². The summed E-state index contributed by atoms with van der Waals surface area (Å²) >= 11 is 0. The molecule has 0 aromatic heterocycles. The lowest BCUT2D eigenvalue weighted by Crippen LogP contribution is -2.44. The number of aryl methyl sites for hydroxylation is 1. The fraction of sp³-hybridized carbons (Fsp3) is 0.625. The highest BCUT2D eigenvalue weighted by molar-refractivity contribution is 5.22. The SMILES string of the molecule is Cc1cccc(CN(C)C(CN)C2CCOCC2)c1. The summed E-state index contributed by atoms with van der Waals surface area (Å²) < 4.78 is 5.45. The molecule has 1 aromatic carbocycles. The molecule has 0 saturated carbocycles. The summed E-state index contributed by atoms with van der Waals surface area (Å²) in [5, 5.41) is 0. The average Bonchev–Trinajstić information content (AvgIpc) is 2.41. The lowest BCUT2D eigenvalue weighted by Gasteiger charge is -2.36. The van der Waals surface area contributed by atoms with Crippen LogP contribution in [0.3, 0.4) is 0 Å². The van der Waals surface area contributed by atoms with Crippen LogP contribution in [0.5, 0.6) is 0 Å². The second-order valence-electron chi connectivity index (χ2n) is 5.66. The quantitative estimate of drug-likeness (QED) is 0.884. The van der Waals surface area contributed by atoms with Gasteiger partial charge in [0.25, 0.3) is 0 Å². The summed E-state index contributed by atoms with van der Waals surface area (Å²) in [7, 11) is 2.19. The van der Waals surface area contributed by atoms with Gasteiger partial charge in [-0.15, -0.1) is 0 Å². The molecule has 1 unspecified atom stereocenters. The second kappa shape index (κ2) is 7.04. The summed E-state index contributed by atoms with van der Waals surface area (Å²) in [4.78, 5) is 2.41. The van der Waals surface area contributed by atoms with Crippen molar-refractivity contribution in [3.63, 3.8) is 0 Å². The van der Waals surface area contributed by atoms with E-state index in [1.54, 1.807) is 0 Å². The van der Waals surface area contributed by atoms with Crippen molar-refractivity contribution in [1.82, 2.24) is 4.90 Å². The third-order valence-electron chi connectivity index (χ3n) is 4.13. The predicted octanol–water partition coefficient (Wildman–Crippen LogP) is 2.18. The fourth-order valence-electron chi connectivity index (χ4n) is 3.05. The van der Waals surface area contributed by atoms with E-state index in [9.17, 15) is 0 Å². The van der Waals surface area contributed by atoms with Crippen LogP contribution in [0.15, 0.2) is 24.3 Å². The Morgan fingerprint density at radius 3 is 2.74 bits per heavy atom. The molecule has 1 saturated heterocycles. The first-order chi connectivity index (χ1) is 9.20. The first kappa shape index (κ1) is 14.5. The van der Waals surface area contributed by atoms with E-state index in [-0.39, 0.29) is 0 Å². The van der Waals surface area contributed by atoms with Gasteiger partial charge in [0, 0.05) is 32.3 Å². The van der Waals surface area contributed by atoms with Gasteiger partial charge >= 0.3 is 0 Å². The Balaban J connectivity index is 1.97. The molecule has 3 heteroatoms. The molecule has 19 heavy (non-hydrogen) atoms. The minimum atomic E-state index is 0.462. The van der Waals surface area contributed by atoms with E-state index in [2.05, 4.69) is 43.1 Å². The molecule has 1 atom stereocenters. The predicted molar refractivity (Wildman–Crippen MR) is 79.0 cm³/mol. The highest BCUT2D eigenvalue weighted by Gasteiger charge is 2.26. The van der Waals surface area contributed by atoms with Crippen molar-refractivity contribution in [3.05, 3.63) is 35.4 Å². The molecule has 1 heterocycles. The van der Waals surface area contributed by atoms with Gasteiger partial charge in [0.1, 0.15) is 0 Å². The Hall–Kier alpha value is -0.900. The molecule has 0 radical (unpaired) electrons. The van der Waals surface area contributed by atoms with Crippen molar-refractivity contribution in [2.75, 3.05) is 26.8 Å². The number of hydrogen-bond donors (Lipinski definition) is 1. The van der Waals surface area contributed by atoms with Crippen LogP contribution >= 0.6 is 0 Å². The molecule has 2 N–H and O–H groups in total. The number of hydrogen-bond acceptors (Lipinski definition) is 3. The maximum Gasteiger partial charge on any atom is 0.0469 e. The van der Waals surface area contributed by atoms with Gasteiger partial charge < -0.3 is 10.5 Å². The average molecular weight is 262 g/mol. The van der Waals surface area contributed by atoms with E-state index in [0.29, 0.717) is 12.0 Å². The Labute approximate surface area is 116 Å². The first-order valence-electron chi connectivity index (χ1n) is 7.24. The van der Waals surface area contributed by atoms with E-state index in [1.807, 2.05) is 0 Å². The van der Waals surface area contributed by atoms with E-state index in [4.69, 9.17) is 10.5 Å². The van der Waals surface area contributed by atoms with Gasteiger partial charge in [0.2, 0.25) is 0 Å². The summed E-state index contributed by atoms with van der Waals surface area (Å²) in [5.41, 5.74) is 8.69. The number of nitrogens with two attached hydrogens (primary N) is 1. The highest BCUT2D eigenvalue weighted by atomic mass is 16.5. The van der Waals surface area contributed by atoms with Gasteiger partial charge in [-0.3, -0.25) is 4.90 Å². The number of likely N-dealkylation sites (N-methyl/N-ethyl adjacent to an activating group) is 1. The zero-order valence-electron chi connectivity index (χ0n) is 12.1. The van der Waals surface area contributed by atoms with E-state index in [0.717, 1.165) is 39.1 Å². The van der Waals surface area contributed by atoms with Crippen LogP contribution in [0.4, 0.5) is 0 Å². The molecule has 0 amide bonds. The minimum absolute atomic E-state index is 0.462. The summed E-state index contributed by atoms with van der Waals surface area (Å²) in [6, 6.07) is 9.19. The van der Waals surface area contributed by atoms with Crippen molar-refractivity contribution in [2.24, 2.45) is 11.7 Å². The molecule has 3 nitrogen and oxygen atoms in total. The monoisotopic (exact) mass is 262 g/mol. The summed E-state index contributed by atoms with van der Waals surface area (Å²) in [6.45, 7) is 5.62. The number of nitrogens with zero attached hydrogens (tertiary/aromatic N) is 1. The van der Waals surface area contributed by atoms with Crippen LogP contribution < -0.4 is 5.73 Å². The number of rotatable bonds is 5. The number of benzene rings is 1. The Kier molecular flexibility index (Phi) is 5.37. The van der Waals surface area contributed by atoms with Crippen molar-refractivity contribution >= 4 is 0 Å². The first-order valence-corrected chi connectivity index (χ1v) is 7.24. The van der Waals surface area contributed by atoms with Gasteiger partial charge in [0.05, 0.1) is 0 Å². The molecule has 0 spiro atoms. The van der Waals surface area contributed by atoms with Crippen molar-refractivity contribution in [3.8, 4) is 0 Å². The third-order valence-corrected chi connectivity index (χ3v) is 4.13. The number of ether oxygens (including phenoxy) is 1. The van der Waals surface area contributed by atoms with Crippen molar-refractivity contribution < 1.29 is 4.74 Å². The fourth-order valence-corrected chi connectivity index (χ4v) is 3.05. The topological polar surface area (TPSA) is 38.5 Å². The van der Waals surface area contributed by atoms with Gasteiger partial charge in [-0.2, -0.15) is 0 Å². The van der Waals surface area contributed by atoms with Gasteiger partial charge in [-0.25, -0.2) is 0 Å². The van der Waals surface area contributed by atoms with E-state index in [1.165, 1.54) is 11.1 Å². The zero-order valence-corrected chi connectivity index (χ0v) is 12.1. The Bertz CT molecular complexity index is 388.